The standard InChI is InChI=1S/C10H7N3O3/c11-10(14)7-4-3-6-2-1-5-12-8(6)9(7)13(15)16/h1-5H,(H2,11,14). The molecule has 0 atom stereocenters. The van der Waals surface area contributed by atoms with Gasteiger partial charge in [-0.3, -0.25) is 14.9 Å². The quantitative estimate of drug-likeness (QED) is 0.604. The molecular weight excluding hydrogens is 210 g/mol. The first kappa shape index (κ1) is 10.0. The summed E-state index contributed by atoms with van der Waals surface area (Å²) in [4.78, 5) is 25.2. The molecule has 2 N–H and O–H groups in total. The number of fused-ring (bicyclic) bond motifs is 1. The summed E-state index contributed by atoms with van der Waals surface area (Å²) in [5.41, 5.74) is 4.77. The third-order valence-electron chi connectivity index (χ3n) is 2.20. The first-order valence-corrected chi connectivity index (χ1v) is 4.43. The molecule has 0 radical (unpaired) electrons. The normalized spacial score (nSPS) is 10.2. The molecule has 0 saturated carbocycles. The van der Waals surface area contributed by atoms with Gasteiger partial charge >= 0.3 is 5.69 Å². The maximum absolute atomic E-state index is 11.1. The molecule has 1 aromatic heterocycles. The minimum absolute atomic E-state index is 0.129. The van der Waals surface area contributed by atoms with Gasteiger partial charge in [0, 0.05) is 11.6 Å². The predicted molar refractivity (Wildman–Crippen MR) is 56.9 cm³/mol. The molecule has 0 fully saturated rings. The molecule has 2 rings (SSSR count). The monoisotopic (exact) mass is 217 g/mol. The summed E-state index contributed by atoms with van der Waals surface area (Å²) in [7, 11) is 0. The van der Waals surface area contributed by atoms with Crippen LogP contribution in [0.5, 0.6) is 0 Å². The summed E-state index contributed by atoms with van der Waals surface area (Å²) in [6, 6.07) is 6.26. The zero-order valence-corrected chi connectivity index (χ0v) is 8.08. The van der Waals surface area contributed by atoms with Gasteiger partial charge in [-0.15, -0.1) is 0 Å². The van der Waals surface area contributed by atoms with E-state index in [4.69, 9.17) is 5.73 Å². The van der Waals surface area contributed by atoms with E-state index in [1.807, 2.05) is 0 Å². The number of nitro groups is 1. The van der Waals surface area contributed by atoms with Gasteiger partial charge in [0.2, 0.25) is 0 Å². The fraction of sp³-hybridized carbons (Fsp3) is 0. The minimum Gasteiger partial charge on any atom is -0.365 e. The van der Waals surface area contributed by atoms with Gasteiger partial charge in [-0.1, -0.05) is 12.1 Å². The lowest BCUT2D eigenvalue weighted by molar-refractivity contribution is -0.383. The van der Waals surface area contributed by atoms with Crippen LogP contribution in [0.25, 0.3) is 10.9 Å². The Labute approximate surface area is 89.9 Å². The van der Waals surface area contributed by atoms with Crippen LogP contribution in [0.3, 0.4) is 0 Å². The Morgan fingerprint density at radius 2 is 2.12 bits per heavy atom. The third-order valence-corrected chi connectivity index (χ3v) is 2.20. The van der Waals surface area contributed by atoms with Crippen LogP contribution in [0.4, 0.5) is 5.69 Å². The third kappa shape index (κ3) is 1.46. The molecule has 0 unspecified atom stereocenters. The summed E-state index contributed by atoms with van der Waals surface area (Å²) in [6.07, 6.45) is 1.43. The van der Waals surface area contributed by atoms with E-state index in [1.54, 1.807) is 18.2 Å². The second-order valence-corrected chi connectivity index (χ2v) is 3.16. The molecule has 6 heteroatoms. The number of benzene rings is 1. The fourth-order valence-corrected chi connectivity index (χ4v) is 1.51. The molecule has 0 aliphatic heterocycles. The average Bonchev–Trinajstić information content (AvgIpc) is 2.27. The highest BCUT2D eigenvalue weighted by molar-refractivity contribution is 6.03. The van der Waals surface area contributed by atoms with E-state index in [2.05, 4.69) is 4.98 Å². The van der Waals surface area contributed by atoms with E-state index in [9.17, 15) is 14.9 Å². The molecule has 1 amide bonds. The lowest BCUT2D eigenvalue weighted by atomic mass is 10.1. The maximum atomic E-state index is 11.1. The predicted octanol–water partition coefficient (Wildman–Crippen LogP) is 1.24. The number of nitrogens with two attached hydrogens (primary N) is 1. The van der Waals surface area contributed by atoms with Gasteiger partial charge in [0.25, 0.3) is 5.91 Å². The summed E-state index contributed by atoms with van der Waals surface area (Å²) >= 11 is 0. The molecule has 1 aromatic carbocycles. The number of primary amides is 1. The maximum Gasteiger partial charge on any atom is 0.308 e. The van der Waals surface area contributed by atoms with Crippen molar-refractivity contribution in [2.45, 2.75) is 0 Å². The first-order chi connectivity index (χ1) is 7.61. The van der Waals surface area contributed by atoms with Crippen LogP contribution >= 0.6 is 0 Å². The van der Waals surface area contributed by atoms with Crippen molar-refractivity contribution in [3.63, 3.8) is 0 Å². The number of amides is 1. The molecule has 80 valence electrons. The number of aromatic nitrogens is 1. The van der Waals surface area contributed by atoms with E-state index < -0.39 is 10.8 Å². The average molecular weight is 217 g/mol. The molecule has 1 heterocycles. The lowest BCUT2D eigenvalue weighted by Gasteiger charge is -2.01. The highest BCUT2D eigenvalue weighted by atomic mass is 16.6. The Balaban J connectivity index is 2.90. The number of carbonyl (C=O) groups excluding carboxylic acids is 1. The summed E-state index contributed by atoms with van der Waals surface area (Å²) < 4.78 is 0. The zero-order valence-electron chi connectivity index (χ0n) is 8.08. The molecule has 0 aliphatic rings. The second kappa shape index (κ2) is 3.58. The van der Waals surface area contributed by atoms with Crippen molar-refractivity contribution in [3.8, 4) is 0 Å². The van der Waals surface area contributed by atoms with Gasteiger partial charge in [-0.25, -0.2) is 4.98 Å². The summed E-state index contributed by atoms with van der Waals surface area (Å²) in [5.74, 6) is -0.834. The van der Waals surface area contributed by atoms with Gasteiger partial charge in [0.1, 0.15) is 11.1 Å². The second-order valence-electron chi connectivity index (χ2n) is 3.16. The topological polar surface area (TPSA) is 99.1 Å². The Hall–Kier alpha value is -2.50. The van der Waals surface area contributed by atoms with Gasteiger partial charge in [0.05, 0.1) is 4.92 Å². The van der Waals surface area contributed by atoms with Crippen LogP contribution in [0.1, 0.15) is 10.4 Å². The van der Waals surface area contributed by atoms with Gasteiger partial charge in [-0.2, -0.15) is 0 Å². The van der Waals surface area contributed by atoms with Crippen molar-refractivity contribution in [2.24, 2.45) is 5.73 Å². The number of hydrogen-bond donors (Lipinski definition) is 1. The van der Waals surface area contributed by atoms with E-state index >= 15 is 0 Å². The van der Waals surface area contributed by atoms with Crippen molar-refractivity contribution in [1.82, 2.24) is 4.98 Å². The molecule has 6 nitrogen and oxygen atoms in total. The first-order valence-electron chi connectivity index (χ1n) is 4.43. The van der Waals surface area contributed by atoms with Crippen molar-refractivity contribution in [2.75, 3.05) is 0 Å². The Bertz CT molecular complexity index is 595. The number of carbonyl (C=O) groups is 1. The molecule has 0 saturated heterocycles. The van der Waals surface area contributed by atoms with Crippen molar-refractivity contribution >= 4 is 22.5 Å². The van der Waals surface area contributed by atoms with Crippen LogP contribution in [0.2, 0.25) is 0 Å². The van der Waals surface area contributed by atoms with Crippen molar-refractivity contribution in [1.29, 1.82) is 0 Å². The van der Waals surface area contributed by atoms with E-state index in [-0.39, 0.29) is 16.8 Å². The van der Waals surface area contributed by atoms with Crippen LogP contribution in [0, 0.1) is 10.1 Å². The van der Waals surface area contributed by atoms with E-state index in [0.29, 0.717) is 5.39 Å². The fourth-order valence-electron chi connectivity index (χ4n) is 1.51. The Kier molecular flexibility index (Phi) is 2.24. The molecule has 2 aromatic rings. The van der Waals surface area contributed by atoms with Gasteiger partial charge in [-0.05, 0) is 12.1 Å². The van der Waals surface area contributed by atoms with Crippen LogP contribution < -0.4 is 5.73 Å². The minimum atomic E-state index is -0.834. The van der Waals surface area contributed by atoms with Gasteiger partial charge in [0.15, 0.2) is 0 Å². The van der Waals surface area contributed by atoms with Crippen molar-refractivity contribution in [3.05, 3.63) is 46.1 Å². The summed E-state index contributed by atoms with van der Waals surface area (Å²) in [6.45, 7) is 0. The van der Waals surface area contributed by atoms with Gasteiger partial charge < -0.3 is 5.73 Å². The van der Waals surface area contributed by atoms with Crippen LogP contribution in [-0.2, 0) is 0 Å². The van der Waals surface area contributed by atoms with Crippen LogP contribution in [0.15, 0.2) is 30.5 Å². The number of nitrogens with zero attached hydrogens (tertiary/aromatic N) is 2. The number of rotatable bonds is 2. The van der Waals surface area contributed by atoms with E-state index in [1.165, 1.54) is 12.3 Å². The van der Waals surface area contributed by atoms with Crippen molar-refractivity contribution < 1.29 is 9.72 Å². The molecule has 0 aliphatic carbocycles. The SMILES string of the molecule is NC(=O)c1ccc2cccnc2c1[N+](=O)[O-]. The largest absolute Gasteiger partial charge is 0.365 e. The van der Waals surface area contributed by atoms with Crippen LogP contribution in [-0.4, -0.2) is 15.8 Å². The number of nitro benzene ring substituents is 1. The Morgan fingerprint density at radius 1 is 1.38 bits per heavy atom. The molecule has 0 bridgehead atoms. The molecule has 16 heavy (non-hydrogen) atoms. The summed E-state index contributed by atoms with van der Waals surface area (Å²) in [5, 5.41) is 11.5. The smallest absolute Gasteiger partial charge is 0.308 e. The lowest BCUT2D eigenvalue weighted by Crippen LogP contribution is -2.13. The molecular formula is C10H7N3O3. The Morgan fingerprint density at radius 3 is 2.75 bits per heavy atom. The molecule has 0 spiro atoms. The number of hydrogen-bond acceptors (Lipinski definition) is 4. The highest BCUT2D eigenvalue weighted by Crippen LogP contribution is 2.27. The van der Waals surface area contributed by atoms with E-state index in [0.717, 1.165) is 0 Å². The zero-order chi connectivity index (χ0) is 11.7. The number of pyridine rings is 1. The highest BCUT2D eigenvalue weighted by Gasteiger charge is 2.22.